The second-order valence-corrected chi connectivity index (χ2v) is 4.29. The molecular weight excluding hydrogens is 260 g/mol. The summed E-state index contributed by atoms with van der Waals surface area (Å²) >= 11 is 11.6. The van der Waals surface area contributed by atoms with E-state index in [0.717, 1.165) is 0 Å². The Labute approximate surface area is 108 Å². The molecule has 0 amide bonds. The van der Waals surface area contributed by atoms with Crippen molar-refractivity contribution >= 4 is 23.2 Å². The maximum atomic E-state index is 13.8. The van der Waals surface area contributed by atoms with E-state index in [-0.39, 0.29) is 5.02 Å². The van der Waals surface area contributed by atoms with E-state index in [9.17, 15) is 4.39 Å². The Bertz CT molecular complexity index is 617. The molecule has 0 unspecified atom stereocenters. The van der Waals surface area contributed by atoms with E-state index in [4.69, 9.17) is 28.5 Å². The highest BCUT2D eigenvalue weighted by molar-refractivity contribution is 6.31. The van der Waals surface area contributed by atoms with Gasteiger partial charge in [-0.2, -0.15) is 5.26 Å². The Hall–Kier alpha value is -1.56. The van der Waals surface area contributed by atoms with Gasteiger partial charge in [0.15, 0.2) is 0 Å². The predicted molar refractivity (Wildman–Crippen MR) is 66.6 cm³/mol. The molecule has 0 heterocycles. The number of nitrogens with zero attached hydrogens (tertiary/aromatic N) is 1. The lowest BCUT2D eigenvalue weighted by molar-refractivity contribution is 0.632. The van der Waals surface area contributed by atoms with Gasteiger partial charge in [0.1, 0.15) is 5.82 Å². The lowest BCUT2D eigenvalue weighted by Crippen LogP contribution is -1.87. The Kier molecular flexibility index (Phi) is 3.33. The smallest absolute Gasteiger partial charge is 0.149 e. The second kappa shape index (κ2) is 4.75. The molecule has 84 valence electrons. The summed E-state index contributed by atoms with van der Waals surface area (Å²) in [5.74, 6) is -0.514. The summed E-state index contributed by atoms with van der Waals surface area (Å²) in [5.41, 5.74) is 1.25. The fraction of sp³-hybridized carbons (Fsp3) is 0. The first-order valence-corrected chi connectivity index (χ1v) is 5.52. The molecule has 0 aliphatic rings. The van der Waals surface area contributed by atoms with Gasteiger partial charge in [-0.25, -0.2) is 4.39 Å². The van der Waals surface area contributed by atoms with Gasteiger partial charge in [0.05, 0.1) is 16.7 Å². The number of hydrogen-bond donors (Lipinski definition) is 0. The maximum Gasteiger partial charge on any atom is 0.149 e. The zero-order valence-corrected chi connectivity index (χ0v) is 10.1. The van der Waals surface area contributed by atoms with Crippen LogP contribution in [-0.4, -0.2) is 0 Å². The molecule has 2 aromatic rings. The quantitative estimate of drug-likeness (QED) is 0.735. The molecule has 0 aliphatic carbocycles. The zero-order chi connectivity index (χ0) is 12.4. The first-order chi connectivity index (χ1) is 8.11. The van der Waals surface area contributed by atoms with Crippen LogP contribution in [0.3, 0.4) is 0 Å². The van der Waals surface area contributed by atoms with Crippen molar-refractivity contribution in [2.24, 2.45) is 0 Å². The van der Waals surface area contributed by atoms with Crippen molar-refractivity contribution < 1.29 is 4.39 Å². The lowest BCUT2D eigenvalue weighted by atomic mass is 10.0. The first-order valence-electron chi connectivity index (χ1n) is 4.77. The minimum Gasteiger partial charge on any atom is -0.205 e. The Morgan fingerprint density at radius 2 is 1.88 bits per heavy atom. The van der Waals surface area contributed by atoms with Crippen LogP contribution in [0, 0.1) is 17.1 Å². The normalized spacial score (nSPS) is 10.0. The molecule has 0 bridgehead atoms. The zero-order valence-electron chi connectivity index (χ0n) is 8.55. The van der Waals surface area contributed by atoms with Gasteiger partial charge in [0.2, 0.25) is 0 Å². The number of rotatable bonds is 1. The van der Waals surface area contributed by atoms with E-state index in [1.807, 2.05) is 6.07 Å². The third-order valence-corrected chi connectivity index (χ3v) is 2.80. The van der Waals surface area contributed by atoms with Gasteiger partial charge in [-0.15, -0.1) is 0 Å². The monoisotopic (exact) mass is 265 g/mol. The van der Waals surface area contributed by atoms with Crippen LogP contribution in [0.5, 0.6) is 0 Å². The van der Waals surface area contributed by atoms with Crippen LogP contribution >= 0.6 is 23.2 Å². The van der Waals surface area contributed by atoms with Gasteiger partial charge in [-0.1, -0.05) is 35.3 Å². The fourth-order valence-corrected chi connectivity index (χ4v) is 1.95. The van der Waals surface area contributed by atoms with Crippen molar-refractivity contribution in [2.75, 3.05) is 0 Å². The molecule has 1 nitrogen and oxygen atoms in total. The van der Waals surface area contributed by atoms with E-state index in [2.05, 4.69) is 0 Å². The average molecular weight is 266 g/mol. The van der Waals surface area contributed by atoms with Crippen molar-refractivity contribution in [3.8, 4) is 17.2 Å². The predicted octanol–water partition coefficient (Wildman–Crippen LogP) is 4.67. The molecule has 0 N–H and O–H groups in total. The van der Waals surface area contributed by atoms with Crippen LogP contribution < -0.4 is 0 Å². The number of halogens is 3. The fourth-order valence-electron chi connectivity index (χ4n) is 1.54. The Morgan fingerprint density at radius 3 is 2.59 bits per heavy atom. The standard InChI is InChI=1S/C13H6Cl2FN/c14-10-5-8(7-17)4-9(6-10)11-2-1-3-12(15)13(11)16/h1-6H. The minimum atomic E-state index is -0.514. The molecule has 0 aromatic heterocycles. The summed E-state index contributed by atoms with van der Waals surface area (Å²) in [7, 11) is 0. The highest BCUT2D eigenvalue weighted by Gasteiger charge is 2.09. The molecule has 2 rings (SSSR count). The molecule has 0 saturated heterocycles. The molecule has 4 heteroatoms. The molecule has 0 aliphatic heterocycles. The third kappa shape index (κ3) is 2.41. The average Bonchev–Trinajstić information content (AvgIpc) is 2.31. The van der Waals surface area contributed by atoms with Crippen LogP contribution in [0.25, 0.3) is 11.1 Å². The van der Waals surface area contributed by atoms with Crippen molar-refractivity contribution in [1.82, 2.24) is 0 Å². The number of benzene rings is 2. The van der Waals surface area contributed by atoms with E-state index in [0.29, 0.717) is 21.7 Å². The molecular formula is C13H6Cl2FN. The summed E-state index contributed by atoms with van der Waals surface area (Å²) in [6.07, 6.45) is 0. The van der Waals surface area contributed by atoms with Crippen LogP contribution in [0.2, 0.25) is 10.0 Å². The van der Waals surface area contributed by atoms with Gasteiger partial charge in [-0.05, 0) is 29.8 Å². The molecule has 0 fully saturated rings. The van der Waals surface area contributed by atoms with E-state index in [1.54, 1.807) is 24.3 Å². The van der Waals surface area contributed by atoms with Crippen LogP contribution in [0.1, 0.15) is 5.56 Å². The topological polar surface area (TPSA) is 23.8 Å². The van der Waals surface area contributed by atoms with E-state index < -0.39 is 5.82 Å². The molecule has 2 aromatic carbocycles. The minimum absolute atomic E-state index is 0.0426. The SMILES string of the molecule is N#Cc1cc(Cl)cc(-c2cccc(Cl)c2F)c1. The molecule has 0 atom stereocenters. The Morgan fingerprint density at radius 1 is 1.12 bits per heavy atom. The molecule has 0 saturated carbocycles. The van der Waals surface area contributed by atoms with Crippen molar-refractivity contribution in [1.29, 1.82) is 5.26 Å². The van der Waals surface area contributed by atoms with Gasteiger partial charge >= 0.3 is 0 Å². The van der Waals surface area contributed by atoms with E-state index >= 15 is 0 Å². The highest BCUT2D eigenvalue weighted by atomic mass is 35.5. The summed E-state index contributed by atoms with van der Waals surface area (Å²) < 4.78 is 13.8. The van der Waals surface area contributed by atoms with Gasteiger partial charge in [0.25, 0.3) is 0 Å². The largest absolute Gasteiger partial charge is 0.205 e. The summed E-state index contributed by atoms with van der Waals surface area (Å²) in [4.78, 5) is 0. The van der Waals surface area contributed by atoms with Gasteiger partial charge in [0, 0.05) is 10.6 Å². The third-order valence-electron chi connectivity index (χ3n) is 2.29. The molecule has 17 heavy (non-hydrogen) atoms. The molecule has 0 spiro atoms. The first kappa shape index (κ1) is 11.9. The van der Waals surface area contributed by atoms with Crippen molar-refractivity contribution in [3.63, 3.8) is 0 Å². The van der Waals surface area contributed by atoms with Crippen molar-refractivity contribution in [2.45, 2.75) is 0 Å². The Balaban J connectivity index is 2.65. The number of hydrogen-bond acceptors (Lipinski definition) is 1. The van der Waals surface area contributed by atoms with Gasteiger partial charge < -0.3 is 0 Å². The van der Waals surface area contributed by atoms with E-state index in [1.165, 1.54) is 12.1 Å². The molecule has 0 radical (unpaired) electrons. The second-order valence-electron chi connectivity index (χ2n) is 3.44. The maximum absolute atomic E-state index is 13.8. The highest BCUT2D eigenvalue weighted by Crippen LogP contribution is 2.30. The summed E-state index contributed by atoms with van der Waals surface area (Å²) in [6, 6.07) is 11.4. The lowest BCUT2D eigenvalue weighted by Gasteiger charge is -2.05. The van der Waals surface area contributed by atoms with Gasteiger partial charge in [-0.3, -0.25) is 0 Å². The van der Waals surface area contributed by atoms with Crippen LogP contribution in [0.4, 0.5) is 4.39 Å². The summed E-state index contributed by atoms with van der Waals surface area (Å²) in [5, 5.41) is 9.26. The number of nitriles is 1. The van der Waals surface area contributed by atoms with Crippen LogP contribution in [0.15, 0.2) is 36.4 Å². The summed E-state index contributed by atoms with van der Waals surface area (Å²) in [6.45, 7) is 0. The van der Waals surface area contributed by atoms with Crippen LogP contribution in [-0.2, 0) is 0 Å². The van der Waals surface area contributed by atoms with Crippen molar-refractivity contribution in [3.05, 3.63) is 57.8 Å².